The molecular weight excluding hydrogens is 132 g/mol. The summed E-state index contributed by atoms with van der Waals surface area (Å²) in [7, 11) is 0. The largest absolute Gasteiger partial charge is 0.508 e. The SMILES string of the molecule is O=CC1=C(O)C=CC(O)C1. The van der Waals surface area contributed by atoms with E-state index < -0.39 is 6.10 Å². The molecule has 54 valence electrons. The Kier molecular flexibility index (Phi) is 1.87. The van der Waals surface area contributed by atoms with E-state index in [0.717, 1.165) is 0 Å². The number of carbonyl (C=O) groups excluding carboxylic acids is 1. The lowest BCUT2D eigenvalue weighted by Crippen LogP contribution is -2.10. The van der Waals surface area contributed by atoms with E-state index in [1.165, 1.54) is 12.2 Å². The van der Waals surface area contributed by atoms with E-state index in [9.17, 15) is 4.79 Å². The molecular formula is C7H8O3. The summed E-state index contributed by atoms with van der Waals surface area (Å²) in [6.45, 7) is 0. The molecule has 3 nitrogen and oxygen atoms in total. The average molecular weight is 140 g/mol. The Morgan fingerprint density at radius 1 is 1.70 bits per heavy atom. The van der Waals surface area contributed by atoms with Gasteiger partial charge < -0.3 is 10.2 Å². The second-order valence-electron chi connectivity index (χ2n) is 2.16. The minimum atomic E-state index is -0.629. The molecule has 0 amide bonds. The highest BCUT2D eigenvalue weighted by Crippen LogP contribution is 2.14. The van der Waals surface area contributed by atoms with Crippen molar-refractivity contribution in [2.45, 2.75) is 12.5 Å². The van der Waals surface area contributed by atoms with Crippen LogP contribution in [0.15, 0.2) is 23.5 Å². The fraction of sp³-hybridized carbons (Fsp3) is 0.286. The van der Waals surface area contributed by atoms with Crippen molar-refractivity contribution in [3.63, 3.8) is 0 Å². The first kappa shape index (κ1) is 7.02. The van der Waals surface area contributed by atoms with Crippen LogP contribution < -0.4 is 0 Å². The van der Waals surface area contributed by atoms with E-state index in [1.807, 2.05) is 0 Å². The van der Waals surface area contributed by atoms with E-state index in [1.54, 1.807) is 0 Å². The van der Waals surface area contributed by atoms with Gasteiger partial charge in [0.2, 0.25) is 0 Å². The summed E-state index contributed by atoms with van der Waals surface area (Å²) in [5.41, 5.74) is 0.259. The monoisotopic (exact) mass is 140 g/mol. The first-order valence-corrected chi connectivity index (χ1v) is 2.97. The Hall–Kier alpha value is -1.09. The number of rotatable bonds is 1. The van der Waals surface area contributed by atoms with Crippen LogP contribution in [-0.2, 0) is 4.79 Å². The highest BCUT2D eigenvalue weighted by molar-refractivity contribution is 5.75. The summed E-state index contributed by atoms with van der Waals surface area (Å²) >= 11 is 0. The first-order chi connectivity index (χ1) is 4.74. The molecule has 0 saturated heterocycles. The van der Waals surface area contributed by atoms with Crippen LogP contribution in [0.25, 0.3) is 0 Å². The fourth-order valence-electron chi connectivity index (χ4n) is 0.816. The van der Waals surface area contributed by atoms with Crippen molar-refractivity contribution in [2.24, 2.45) is 0 Å². The van der Waals surface area contributed by atoms with Gasteiger partial charge in [0.1, 0.15) is 12.0 Å². The van der Waals surface area contributed by atoms with Gasteiger partial charge in [-0.05, 0) is 6.08 Å². The number of aliphatic hydroxyl groups is 2. The van der Waals surface area contributed by atoms with Gasteiger partial charge in [0.15, 0.2) is 0 Å². The number of aliphatic hydroxyl groups excluding tert-OH is 2. The summed E-state index contributed by atoms with van der Waals surface area (Å²) in [6.07, 6.45) is 2.92. The number of aldehydes is 1. The molecule has 1 rings (SSSR count). The Bertz CT molecular complexity index is 203. The van der Waals surface area contributed by atoms with Gasteiger partial charge in [-0.1, -0.05) is 6.08 Å². The number of carbonyl (C=O) groups is 1. The summed E-state index contributed by atoms with van der Waals surface area (Å²) in [5.74, 6) is -0.0414. The van der Waals surface area contributed by atoms with Crippen LogP contribution in [0.5, 0.6) is 0 Å². The molecule has 0 aliphatic heterocycles. The molecule has 1 aliphatic carbocycles. The Morgan fingerprint density at radius 2 is 2.40 bits per heavy atom. The Morgan fingerprint density at radius 3 is 2.90 bits per heavy atom. The fourth-order valence-corrected chi connectivity index (χ4v) is 0.816. The number of hydrogen-bond donors (Lipinski definition) is 2. The zero-order valence-corrected chi connectivity index (χ0v) is 5.32. The van der Waals surface area contributed by atoms with Crippen LogP contribution in [0, 0.1) is 0 Å². The van der Waals surface area contributed by atoms with Crippen molar-refractivity contribution in [1.29, 1.82) is 0 Å². The van der Waals surface area contributed by atoms with E-state index in [2.05, 4.69) is 0 Å². The van der Waals surface area contributed by atoms with E-state index in [4.69, 9.17) is 10.2 Å². The third-order valence-corrected chi connectivity index (χ3v) is 1.38. The predicted octanol–water partition coefficient (Wildman–Crippen LogP) is 0.318. The van der Waals surface area contributed by atoms with Gasteiger partial charge in [0, 0.05) is 12.0 Å². The van der Waals surface area contributed by atoms with Crippen LogP contribution in [0.1, 0.15) is 6.42 Å². The van der Waals surface area contributed by atoms with Crippen LogP contribution in [-0.4, -0.2) is 22.6 Å². The minimum Gasteiger partial charge on any atom is -0.508 e. The van der Waals surface area contributed by atoms with Crippen molar-refractivity contribution in [3.8, 4) is 0 Å². The Balaban J connectivity index is 2.83. The van der Waals surface area contributed by atoms with Gasteiger partial charge in [-0.15, -0.1) is 0 Å². The lowest BCUT2D eigenvalue weighted by atomic mass is 10.0. The quantitative estimate of drug-likeness (QED) is 0.515. The van der Waals surface area contributed by atoms with Crippen LogP contribution in [0.4, 0.5) is 0 Å². The van der Waals surface area contributed by atoms with E-state index in [-0.39, 0.29) is 17.8 Å². The van der Waals surface area contributed by atoms with Crippen LogP contribution >= 0.6 is 0 Å². The molecule has 1 atom stereocenters. The van der Waals surface area contributed by atoms with Gasteiger partial charge in [0.25, 0.3) is 0 Å². The summed E-state index contributed by atoms with van der Waals surface area (Å²) in [6, 6.07) is 0. The molecule has 0 aromatic carbocycles. The third-order valence-electron chi connectivity index (χ3n) is 1.38. The first-order valence-electron chi connectivity index (χ1n) is 2.97. The molecule has 0 bridgehead atoms. The molecule has 1 aliphatic rings. The van der Waals surface area contributed by atoms with Crippen molar-refractivity contribution >= 4 is 6.29 Å². The Labute approximate surface area is 58.3 Å². The molecule has 2 N–H and O–H groups in total. The normalized spacial score (nSPS) is 25.1. The molecule has 0 radical (unpaired) electrons. The lowest BCUT2D eigenvalue weighted by Gasteiger charge is -2.10. The van der Waals surface area contributed by atoms with Crippen LogP contribution in [0.2, 0.25) is 0 Å². The zero-order chi connectivity index (χ0) is 7.56. The average Bonchev–Trinajstić information content (AvgIpc) is 1.94. The maximum atomic E-state index is 10.2. The lowest BCUT2D eigenvalue weighted by molar-refractivity contribution is -0.105. The van der Waals surface area contributed by atoms with E-state index in [0.29, 0.717) is 6.29 Å². The highest BCUT2D eigenvalue weighted by Gasteiger charge is 2.12. The zero-order valence-electron chi connectivity index (χ0n) is 5.32. The van der Waals surface area contributed by atoms with Gasteiger partial charge in [-0.3, -0.25) is 4.79 Å². The van der Waals surface area contributed by atoms with Gasteiger partial charge in [0.05, 0.1) is 6.10 Å². The predicted molar refractivity (Wildman–Crippen MR) is 35.5 cm³/mol. The molecule has 0 heterocycles. The molecule has 0 aromatic rings. The van der Waals surface area contributed by atoms with Gasteiger partial charge in [-0.25, -0.2) is 0 Å². The van der Waals surface area contributed by atoms with Crippen molar-refractivity contribution in [3.05, 3.63) is 23.5 Å². The highest BCUT2D eigenvalue weighted by atomic mass is 16.3. The second-order valence-corrected chi connectivity index (χ2v) is 2.16. The van der Waals surface area contributed by atoms with Crippen LogP contribution in [0.3, 0.4) is 0 Å². The molecule has 0 aromatic heterocycles. The van der Waals surface area contributed by atoms with Gasteiger partial charge >= 0.3 is 0 Å². The number of hydrogen-bond acceptors (Lipinski definition) is 3. The molecule has 1 unspecified atom stereocenters. The minimum absolute atomic E-state index is 0.0414. The second kappa shape index (κ2) is 2.66. The smallest absolute Gasteiger partial charge is 0.149 e. The number of allylic oxidation sites excluding steroid dienone is 1. The van der Waals surface area contributed by atoms with Gasteiger partial charge in [-0.2, -0.15) is 0 Å². The standard InChI is InChI=1S/C7H8O3/c8-4-5-3-6(9)1-2-7(5)10/h1-2,4,6,9-10H,3H2. The molecule has 3 heteroatoms. The van der Waals surface area contributed by atoms with Crippen molar-refractivity contribution in [1.82, 2.24) is 0 Å². The van der Waals surface area contributed by atoms with E-state index >= 15 is 0 Å². The third kappa shape index (κ3) is 1.25. The maximum absolute atomic E-state index is 10.2. The molecule has 10 heavy (non-hydrogen) atoms. The topological polar surface area (TPSA) is 57.5 Å². The molecule has 0 spiro atoms. The van der Waals surface area contributed by atoms with Crippen molar-refractivity contribution < 1.29 is 15.0 Å². The summed E-state index contributed by atoms with van der Waals surface area (Å²) in [5, 5.41) is 17.9. The molecule has 0 fully saturated rings. The van der Waals surface area contributed by atoms with Crippen molar-refractivity contribution in [2.75, 3.05) is 0 Å². The summed E-state index contributed by atoms with van der Waals surface area (Å²) < 4.78 is 0. The maximum Gasteiger partial charge on any atom is 0.149 e. The summed E-state index contributed by atoms with van der Waals surface area (Å²) in [4.78, 5) is 10.2. The molecule has 0 saturated carbocycles.